The number of methoxy groups -OCH3 is 1. The van der Waals surface area contributed by atoms with Crippen LogP contribution in [0.1, 0.15) is 16.7 Å². The first-order chi connectivity index (χ1) is 15.1. The fraction of sp³-hybridized carbons (Fsp3) is 0.167. The second-order valence-electron chi connectivity index (χ2n) is 7.69. The molecule has 0 fully saturated rings. The number of aryl methyl sites for hydroxylation is 3. The molecule has 0 saturated heterocycles. The van der Waals surface area contributed by atoms with E-state index in [4.69, 9.17) is 10.5 Å². The van der Waals surface area contributed by atoms with Crippen molar-refractivity contribution in [3.63, 3.8) is 0 Å². The lowest BCUT2D eigenvalue weighted by atomic mass is 10.0. The molecule has 3 aromatic heterocycles. The van der Waals surface area contributed by atoms with Crippen molar-refractivity contribution in [2.45, 2.75) is 19.8 Å². The van der Waals surface area contributed by atoms with Gasteiger partial charge in [0, 0.05) is 51.6 Å². The molecular formula is C24H24N6O. The lowest BCUT2D eigenvalue weighted by Crippen LogP contribution is -2.05. The highest BCUT2D eigenvalue weighted by Gasteiger charge is 2.11. The maximum absolute atomic E-state index is 5.90. The average Bonchev–Trinajstić information content (AvgIpc) is 3.40. The van der Waals surface area contributed by atoms with Crippen LogP contribution >= 0.6 is 0 Å². The zero-order chi connectivity index (χ0) is 21.4. The van der Waals surface area contributed by atoms with Crippen molar-refractivity contribution in [2.75, 3.05) is 18.2 Å². The first kappa shape index (κ1) is 19.0. The Morgan fingerprint density at radius 3 is 2.81 bits per heavy atom. The summed E-state index contributed by atoms with van der Waals surface area (Å²) in [6.45, 7) is 2.09. The highest BCUT2D eigenvalue weighted by atomic mass is 16.5. The Hall–Kier alpha value is -4.00. The van der Waals surface area contributed by atoms with E-state index in [-0.39, 0.29) is 5.95 Å². The van der Waals surface area contributed by atoms with Crippen molar-refractivity contribution in [3.8, 4) is 5.75 Å². The Morgan fingerprint density at radius 2 is 1.94 bits per heavy atom. The van der Waals surface area contributed by atoms with Gasteiger partial charge in [0.25, 0.3) is 0 Å². The van der Waals surface area contributed by atoms with Gasteiger partial charge in [0.1, 0.15) is 11.6 Å². The van der Waals surface area contributed by atoms with Crippen molar-refractivity contribution < 1.29 is 4.74 Å². The van der Waals surface area contributed by atoms with Gasteiger partial charge in [-0.05, 0) is 67.3 Å². The number of hydrogen-bond acceptors (Lipinski definition) is 5. The van der Waals surface area contributed by atoms with Gasteiger partial charge in [-0.2, -0.15) is 4.98 Å². The molecule has 5 aromatic rings. The predicted octanol–water partition coefficient (Wildman–Crippen LogP) is 4.87. The molecule has 0 amide bonds. The molecule has 0 spiro atoms. The molecule has 5 N–H and O–H groups in total. The second kappa shape index (κ2) is 7.68. The third-order valence-electron chi connectivity index (χ3n) is 5.64. The number of hydrogen-bond donors (Lipinski definition) is 4. The largest absolute Gasteiger partial charge is 0.497 e. The first-order valence-electron chi connectivity index (χ1n) is 10.2. The highest BCUT2D eigenvalue weighted by molar-refractivity contribution is 5.87. The number of H-pyrrole nitrogens is 2. The molecule has 0 aliphatic rings. The smallest absolute Gasteiger partial charge is 0.221 e. The number of benzene rings is 2. The van der Waals surface area contributed by atoms with E-state index in [2.05, 4.69) is 62.6 Å². The number of nitrogens with zero attached hydrogens (tertiary/aromatic N) is 2. The molecule has 0 aliphatic heterocycles. The van der Waals surface area contributed by atoms with Gasteiger partial charge in [-0.3, -0.25) is 0 Å². The Bertz CT molecular complexity index is 1380. The number of rotatable bonds is 6. The number of fused-ring (bicyclic) bond motifs is 2. The summed E-state index contributed by atoms with van der Waals surface area (Å²) in [5.41, 5.74) is 12.5. The van der Waals surface area contributed by atoms with Crippen molar-refractivity contribution >= 4 is 39.3 Å². The minimum absolute atomic E-state index is 0.252. The third-order valence-corrected chi connectivity index (χ3v) is 5.64. The quantitative estimate of drug-likeness (QED) is 0.319. The number of ether oxygens (including phenoxy) is 1. The number of anilines is 3. The summed E-state index contributed by atoms with van der Waals surface area (Å²) in [7, 11) is 1.68. The van der Waals surface area contributed by atoms with Crippen LogP contribution in [-0.2, 0) is 12.8 Å². The van der Waals surface area contributed by atoms with Gasteiger partial charge in [-0.25, -0.2) is 4.98 Å². The molecule has 0 aliphatic carbocycles. The Labute approximate surface area is 179 Å². The zero-order valence-corrected chi connectivity index (χ0v) is 17.5. The van der Waals surface area contributed by atoms with E-state index < -0.39 is 0 Å². The molecule has 31 heavy (non-hydrogen) atoms. The van der Waals surface area contributed by atoms with E-state index in [1.165, 1.54) is 16.5 Å². The van der Waals surface area contributed by atoms with Crippen LogP contribution in [0.4, 0.5) is 17.5 Å². The molecule has 7 heteroatoms. The third kappa shape index (κ3) is 3.66. The number of nitrogens with two attached hydrogens (primary N) is 1. The molecule has 7 nitrogen and oxygen atoms in total. The first-order valence-corrected chi connectivity index (χ1v) is 10.2. The Kier molecular flexibility index (Phi) is 4.71. The average molecular weight is 412 g/mol. The fourth-order valence-electron chi connectivity index (χ4n) is 4.04. The van der Waals surface area contributed by atoms with Gasteiger partial charge >= 0.3 is 0 Å². The second-order valence-corrected chi connectivity index (χ2v) is 7.69. The summed E-state index contributed by atoms with van der Waals surface area (Å²) >= 11 is 0. The molecule has 0 atom stereocenters. The molecule has 3 heterocycles. The molecule has 156 valence electrons. The molecule has 2 aromatic carbocycles. The van der Waals surface area contributed by atoms with Gasteiger partial charge in [-0.15, -0.1) is 0 Å². The monoisotopic (exact) mass is 412 g/mol. The number of nitrogens with one attached hydrogen (secondary N) is 3. The topological polar surface area (TPSA) is 105 Å². The van der Waals surface area contributed by atoms with Crippen LogP contribution in [0.5, 0.6) is 5.75 Å². The van der Waals surface area contributed by atoms with E-state index in [9.17, 15) is 0 Å². The molecule has 5 rings (SSSR count). The molecular weight excluding hydrogens is 388 g/mol. The van der Waals surface area contributed by atoms with Crippen LogP contribution < -0.4 is 15.8 Å². The Balaban J connectivity index is 1.42. The lowest BCUT2D eigenvalue weighted by molar-refractivity contribution is 0.415. The maximum atomic E-state index is 5.90. The summed E-state index contributed by atoms with van der Waals surface area (Å²) in [5.74, 6) is 1.84. The zero-order valence-electron chi connectivity index (χ0n) is 17.5. The van der Waals surface area contributed by atoms with Gasteiger partial charge in [0.05, 0.1) is 7.11 Å². The van der Waals surface area contributed by atoms with Crippen LogP contribution in [0.2, 0.25) is 0 Å². The lowest BCUT2D eigenvalue weighted by Gasteiger charge is -2.12. The van der Waals surface area contributed by atoms with E-state index >= 15 is 0 Å². The van der Waals surface area contributed by atoms with Crippen LogP contribution in [0, 0.1) is 6.92 Å². The van der Waals surface area contributed by atoms with E-state index in [0.717, 1.165) is 52.1 Å². The summed E-state index contributed by atoms with van der Waals surface area (Å²) in [6.07, 6.45) is 7.43. The van der Waals surface area contributed by atoms with E-state index in [0.29, 0.717) is 0 Å². The van der Waals surface area contributed by atoms with Crippen molar-refractivity contribution in [1.82, 2.24) is 19.9 Å². The van der Waals surface area contributed by atoms with Crippen LogP contribution in [0.15, 0.2) is 55.0 Å². The highest BCUT2D eigenvalue weighted by Crippen LogP contribution is 2.28. The van der Waals surface area contributed by atoms with Crippen LogP contribution in [0.25, 0.3) is 21.8 Å². The van der Waals surface area contributed by atoms with Crippen molar-refractivity contribution in [3.05, 3.63) is 71.7 Å². The van der Waals surface area contributed by atoms with Crippen LogP contribution in [0.3, 0.4) is 0 Å². The van der Waals surface area contributed by atoms with E-state index in [1.54, 1.807) is 7.11 Å². The number of nitrogen functional groups attached to an aromatic ring is 1. The molecule has 0 bridgehead atoms. The summed E-state index contributed by atoms with van der Waals surface area (Å²) in [5, 5.41) is 5.77. The van der Waals surface area contributed by atoms with Gasteiger partial charge in [0.15, 0.2) is 0 Å². The summed E-state index contributed by atoms with van der Waals surface area (Å²) < 4.78 is 5.38. The summed E-state index contributed by atoms with van der Waals surface area (Å²) in [4.78, 5) is 15.3. The fourth-order valence-corrected chi connectivity index (χ4v) is 4.04. The standard InChI is InChI=1S/C24H24N6O/c1-14-9-18(10-15-7-8-26-22(14)15)29-23-17(13-28-24(25)30-23)4-3-16-12-27-21-6-5-19(31-2)11-20(16)21/h5-13,26-27H,3-4H2,1-2H3,(H3,25,28,29,30). The minimum Gasteiger partial charge on any atom is -0.497 e. The number of aromatic amines is 2. The van der Waals surface area contributed by atoms with Gasteiger partial charge in [0.2, 0.25) is 5.95 Å². The molecule has 0 radical (unpaired) electrons. The molecule has 0 saturated carbocycles. The van der Waals surface area contributed by atoms with Crippen LogP contribution in [-0.4, -0.2) is 27.0 Å². The SMILES string of the molecule is COc1ccc2[nH]cc(CCc3cnc(N)nc3Nc3cc(C)c4[nH]ccc4c3)c2c1. The van der Waals surface area contributed by atoms with Gasteiger partial charge < -0.3 is 25.8 Å². The maximum Gasteiger partial charge on any atom is 0.221 e. The van der Waals surface area contributed by atoms with Crippen molar-refractivity contribution in [2.24, 2.45) is 0 Å². The number of aromatic nitrogens is 4. The minimum atomic E-state index is 0.252. The van der Waals surface area contributed by atoms with Gasteiger partial charge in [-0.1, -0.05) is 0 Å². The summed E-state index contributed by atoms with van der Waals surface area (Å²) in [6, 6.07) is 12.3. The van der Waals surface area contributed by atoms with E-state index in [1.807, 2.05) is 24.5 Å². The predicted molar refractivity (Wildman–Crippen MR) is 125 cm³/mol. The normalized spacial score (nSPS) is 11.3. The van der Waals surface area contributed by atoms with Crippen molar-refractivity contribution in [1.29, 1.82) is 0 Å². The Morgan fingerprint density at radius 1 is 1.06 bits per heavy atom. The molecule has 0 unspecified atom stereocenters.